The number of nitrogens with two attached hydrogens (primary N) is 1. The van der Waals surface area contributed by atoms with Crippen molar-refractivity contribution in [1.82, 2.24) is 0 Å². The van der Waals surface area contributed by atoms with Crippen LogP contribution in [0.25, 0.3) is 0 Å². The van der Waals surface area contributed by atoms with Crippen molar-refractivity contribution in [2.24, 2.45) is 11.1 Å². The van der Waals surface area contributed by atoms with Crippen molar-refractivity contribution in [1.29, 1.82) is 0 Å². The summed E-state index contributed by atoms with van der Waals surface area (Å²) in [6, 6.07) is 4.26. The molecule has 0 radical (unpaired) electrons. The van der Waals surface area contributed by atoms with Crippen molar-refractivity contribution < 1.29 is 9.18 Å². The molecule has 1 aromatic carbocycles. The summed E-state index contributed by atoms with van der Waals surface area (Å²) in [5, 5.41) is 2.80. The maximum atomic E-state index is 13.3. The van der Waals surface area contributed by atoms with E-state index in [1.807, 2.05) is 0 Å². The third kappa shape index (κ3) is 3.07. The van der Waals surface area contributed by atoms with Gasteiger partial charge in [-0.3, -0.25) is 4.79 Å². The normalized spacial score (nSPS) is 18.1. The summed E-state index contributed by atoms with van der Waals surface area (Å²) in [6.45, 7) is 0.328. The van der Waals surface area contributed by atoms with E-state index < -0.39 is 11.2 Å². The van der Waals surface area contributed by atoms with Crippen molar-refractivity contribution in [3.05, 3.63) is 29.0 Å². The van der Waals surface area contributed by atoms with Crippen LogP contribution in [-0.4, -0.2) is 12.5 Å². The lowest BCUT2D eigenvalue weighted by Gasteiger charge is -2.34. The molecule has 5 heteroatoms. The summed E-state index contributed by atoms with van der Waals surface area (Å²) in [7, 11) is 0. The number of amides is 1. The molecule has 1 aliphatic rings. The molecule has 0 saturated heterocycles. The molecule has 1 fully saturated rings. The number of anilines is 1. The Hall–Kier alpha value is -1.13. The molecule has 1 saturated carbocycles. The zero-order valence-corrected chi connectivity index (χ0v) is 11.5. The summed E-state index contributed by atoms with van der Waals surface area (Å²) >= 11 is 5.61. The largest absolute Gasteiger partial charge is 0.329 e. The number of hydrogen-bond acceptors (Lipinski definition) is 2. The van der Waals surface area contributed by atoms with Gasteiger partial charge in [0.25, 0.3) is 0 Å². The third-order valence-electron chi connectivity index (χ3n) is 3.86. The fraction of sp³-hybridized carbons (Fsp3) is 0.500. The fourth-order valence-corrected chi connectivity index (χ4v) is 2.71. The monoisotopic (exact) mass is 284 g/mol. The second-order valence-corrected chi connectivity index (χ2v) is 5.54. The highest BCUT2D eigenvalue weighted by Gasteiger charge is 2.38. The predicted octanol–water partition coefficient (Wildman–Crippen LogP) is 3.33. The van der Waals surface area contributed by atoms with Crippen LogP contribution in [0, 0.1) is 11.2 Å². The van der Waals surface area contributed by atoms with Crippen LogP contribution in [0.4, 0.5) is 10.1 Å². The Balaban J connectivity index is 2.12. The van der Waals surface area contributed by atoms with Gasteiger partial charge in [0.15, 0.2) is 0 Å². The first-order chi connectivity index (χ1) is 9.07. The van der Waals surface area contributed by atoms with Crippen LogP contribution in [0.5, 0.6) is 0 Å². The van der Waals surface area contributed by atoms with Crippen LogP contribution >= 0.6 is 11.6 Å². The molecule has 2 rings (SSSR count). The number of rotatable bonds is 3. The van der Waals surface area contributed by atoms with Crippen LogP contribution < -0.4 is 11.1 Å². The van der Waals surface area contributed by atoms with E-state index in [4.69, 9.17) is 17.3 Å². The molecule has 0 heterocycles. The highest BCUT2D eigenvalue weighted by molar-refractivity contribution is 6.30. The lowest BCUT2D eigenvalue weighted by molar-refractivity contribution is -0.126. The average Bonchev–Trinajstić information content (AvgIpc) is 2.43. The molecule has 0 unspecified atom stereocenters. The Kier molecular flexibility index (Phi) is 4.42. The average molecular weight is 285 g/mol. The number of halogens is 2. The number of benzene rings is 1. The molecule has 1 aromatic rings. The Morgan fingerprint density at radius 3 is 2.63 bits per heavy atom. The molecule has 19 heavy (non-hydrogen) atoms. The van der Waals surface area contributed by atoms with Gasteiger partial charge >= 0.3 is 0 Å². The summed E-state index contributed by atoms with van der Waals surface area (Å²) in [4.78, 5) is 12.4. The molecule has 104 valence electrons. The van der Waals surface area contributed by atoms with Gasteiger partial charge in [0, 0.05) is 12.2 Å². The fourth-order valence-electron chi connectivity index (χ4n) is 2.59. The zero-order valence-electron chi connectivity index (χ0n) is 10.7. The Morgan fingerprint density at radius 1 is 1.37 bits per heavy atom. The van der Waals surface area contributed by atoms with Crippen LogP contribution in [-0.2, 0) is 4.79 Å². The van der Waals surface area contributed by atoms with Gasteiger partial charge in [0.1, 0.15) is 5.82 Å². The van der Waals surface area contributed by atoms with Gasteiger partial charge in [-0.15, -0.1) is 0 Å². The van der Waals surface area contributed by atoms with Crippen LogP contribution in [0.1, 0.15) is 32.1 Å². The lowest BCUT2D eigenvalue weighted by Crippen LogP contribution is -2.43. The molecule has 0 atom stereocenters. The molecule has 3 nitrogen and oxygen atoms in total. The maximum absolute atomic E-state index is 13.3. The summed E-state index contributed by atoms with van der Waals surface area (Å²) in [6.07, 6.45) is 4.76. The van der Waals surface area contributed by atoms with Gasteiger partial charge in [-0.05, 0) is 31.0 Å². The first-order valence-corrected chi connectivity index (χ1v) is 6.92. The Bertz CT molecular complexity index is 473. The predicted molar refractivity (Wildman–Crippen MR) is 74.6 cm³/mol. The quantitative estimate of drug-likeness (QED) is 0.894. The lowest BCUT2D eigenvalue weighted by atomic mass is 9.73. The summed E-state index contributed by atoms with van der Waals surface area (Å²) in [5.74, 6) is -0.652. The van der Waals surface area contributed by atoms with Crippen molar-refractivity contribution >= 4 is 23.2 Å². The molecule has 3 N–H and O–H groups in total. The minimum atomic E-state index is -0.537. The number of carbonyl (C=O) groups excluding carboxylic acids is 1. The van der Waals surface area contributed by atoms with E-state index in [2.05, 4.69) is 5.32 Å². The second-order valence-electron chi connectivity index (χ2n) is 5.13. The van der Waals surface area contributed by atoms with E-state index in [1.54, 1.807) is 6.07 Å². The molecular formula is C14H18ClFN2O. The maximum Gasteiger partial charge on any atom is 0.231 e. The molecule has 0 aromatic heterocycles. The first kappa shape index (κ1) is 14.3. The minimum Gasteiger partial charge on any atom is -0.329 e. The van der Waals surface area contributed by atoms with Crippen molar-refractivity contribution in [3.8, 4) is 0 Å². The third-order valence-corrected chi connectivity index (χ3v) is 4.17. The van der Waals surface area contributed by atoms with E-state index in [0.717, 1.165) is 32.1 Å². The van der Waals surface area contributed by atoms with Gasteiger partial charge in [0.2, 0.25) is 5.91 Å². The first-order valence-electron chi connectivity index (χ1n) is 6.54. The second kappa shape index (κ2) is 5.88. The van der Waals surface area contributed by atoms with Gasteiger partial charge in [-0.1, -0.05) is 30.9 Å². The van der Waals surface area contributed by atoms with Gasteiger partial charge in [-0.2, -0.15) is 0 Å². The standard InChI is InChI=1S/C14H18ClFN2O/c15-11-5-4-10(8-12(11)16)18-13(19)14(9-17)6-2-1-3-7-14/h4-5,8H,1-3,6-7,9,17H2,(H,18,19). The summed E-state index contributed by atoms with van der Waals surface area (Å²) in [5.41, 5.74) is 5.71. The molecule has 1 aliphatic carbocycles. The molecule has 1 amide bonds. The van der Waals surface area contributed by atoms with E-state index in [0.29, 0.717) is 12.2 Å². The highest BCUT2D eigenvalue weighted by atomic mass is 35.5. The van der Waals surface area contributed by atoms with Gasteiger partial charge < -0.3 is 11.1 Å². The summed E-state index contributed by atoms with van der Waals surface area (Å²) < 4.78 is 13.3. The zero-order chi connectivity index (χ0) is 13.9. The molecule has 0 spiro atoms. The van der Waals surface area contributed by atoms with Crippen LogP contribution in [0.2, 0.25) is 5.02 Å². The number of hydrogen-bond donors (Lipinski definition) is 2. The smallest absolute Gasteiger partial charge is 0.231 e. The van der Waals surface area contributed by atoms with Crippen LogP contribution in [0.3, 0.4) is 0 Å². The molecular weight excluding hydrogens is 267 g/mol. The number of carbonyl (C=O) groups is 1. The highest BCUT2D eigenvalue weighted by Crippen LogP contribution is 2.36. The Labute approximate surface area is 117 Å². The van der Waals surface area contributed by atoms with Crippen molar-refractivity contribution in [3.63, 3.8) is 0 Å². The van der Waals surface area contributed by atoms with E-state index in [-0.39, 0.29) is 10.9 Å². The van der Waals surface area contributed by atoms with Gasteiger partial charge in [0.05, 0.1) is 10.4 Å². The molecule has 0 bridgehead atoms. The minimum absolute atomic E-state index is 0.0456. The van der Waals surface area contributed by atoms with Crippen LogP contribution in [0.15, 0.2) is 18.2 Å². The van der Waals surface area contributed by atoms with Gasteiger partial charge in [-0.25, -0.2) is 4.39 Å². The Morgan fingerprint density at radius 2 is 2.05 bits per heavy atom. The van der Waals surface area contributed by atoms with Crippen molar-refractivity contribution in [2.45, 2.75) is 32.1 Å². The molecule has 0 aliphatic heterocycles. The van der Waals surface area contributed by atoms with E-state index in [9.17, 15) is 9.18 Å². The SMILES string of the molecule is NCC1(C(=O)Nc2ccc(Cl)c(F)c2)CCCCC1. The van der Waals surface area contributed by atoms with E-state index in [1.165, 1.54) is 12.1 Å². The topological polar surface area (TPSA) is 55.1 Å². The van der Waals surface area contributed by atoms with E-state index >= 15 is 0 Å². The van der Waals surface area contributed by atoms with Crippen molar-refractivity contribution in [2.75, 3.05) is 11.9 Å². The number of nitrogens with one attached hydrogen (secondary N) is 1.